The van der Waals surface area contributed by atoms with Crippen molar-refractivity contribution in [1.82, 2.24) is 5.32 Å². The third kappa shape index (κ3) is 3.36. The van der Waals surface area contributed by atoms with Gasteiger partial charge in [-0.05, 0) is 28.5 Å². The lowest BCUT2D eigenvalue weighted by molar-refractivity contribution is -0.380. The molecule has 0 radical (unpaired) electrons. The molecule has 0 aromatic carbocycles. The van der Waals surface area contributed by atoms with Crippen LogP contribution in [0.2, 0.25) is 0 Å². The molecule has 0 saturated heterocycles. The molecule has 0 aliphatic carbocycles. The summed E-state index contributed by atoms with van der Waals surface area (Å²) >= 11 is 2.69. The molecule has 7 heteroatoms. The van der Waals surface area contributed by atoms with Gasteiger partial charge >= 0.3 is 5.00 Å². The average Bonchev–Trinajstić information content (AvgIpc) is 3.00. The van der Waals surface area contributed by atoms with Crippen LogP contribution in [0.4, 0.5) is 5.00 Å². The molecule has 18 heavy (non-hydrogen) atoms. The van der Waals surface area contributed by atoms with E-state index in [4.69, 9.17) is 0 Å². The maximum absolute atomic E-state index is 10.5. The molecule has 2 aromatic heterocycles. The Morgan fingerprint density at radius 2 is 2.28 bits per heavy atom. The van der Waals surface area contributed by atoms with E-state index in [0.717, 1.165) is 21.8 Å². The molecule has 2 heterocycles. The summed E-state index contributed by atoms with van der Waals surface area (Å²) in [4.78, 5) is 11.0. The van der Waals surface area contributed by atoms with Crippen molar-refractivity contribution in [3.05, 3.63) is 49.5 Å². The van der Waals surface area contributed by atoms with Crippen LogP contribution in [0.5, 0.6) is 0 Å². The van der Waals surface area contributed by atoms with Gasteiger partial charge in [-0.3, -0.25) is 10.1 Å². The standard InChI is InChI=1S/C11H12N2O3S2/c14-10(8-3-4-17-7-8)6-12-5-9-1-2-11(18-9)13(15)16/h1-4,7,10,12,14H,5-6H2. The molecule has 0 amide bonds. The fourth-order valence-corrected chi connectivity index (χ4v) is 2.97. The molecule has 2 rings (SSSR count). The largest absolute Gasteiger partial charge is 0.387 e. The first-order chi connectivity index (χ1) is 8.66. The molecule has 0 fully saturated rings. The zero-order chi connectivity index (χ0) is 13.0. The van der Waals surface area contributed by atoms with Crippen molar-refractivity contribution in [3.8, 4) is 0 Å². The predicted molar refractivity (Wildman–Crippen MR) is 72.0 cm³/mol. The van der Waals surface area contributed by atoms with Gasteiger partial charge in [0.15, 0.2) is 0 Å². The molecule has 0 aliphatic heterocycles. The highest BCUT2D eigenvalue weighted by atomic mass is 32.1. The molecule has 0 spiro atoms. The van der Waals surface area contributed by atoms with Crippen LogP contribution < -0.4 is 5.32 Å². The number of thiophene rings is 2. The molecule has 0 aliphatic rings. The lowest BCUT2D eigenvalue weighted by Crippen LogP contribution is -2.20. The normalized spacial score (nSPS) is 12.5. The number of aliphatic hydroxyl groups is 1. The number of hydrogen-bond donors (Lipinski definition) is 2. The van der Waals surface area contributed by atoms with E-state index in [2.05, 4.69) is 5.32 Å². The summed E-state index contributed by atoms with van der Waals surface area (Å²) in [7, 11) is 0. The van der Waals surface area contributed by atoms with E-state index in [1.54, 1.807) is 17.4 Å². The molecule has 1 atom stereocenters. The van der Waals surface area contributed by atoms with Gasteiger partial charge in [0, 0.05) is 24.0 Å². The van der Waals surface area contributed by atoms with Crippen molar-refractivity contribution < 1.29 is 10.0 Å². The Kier molecular flexibility index (Phi) is 4.43. The zero-order valence-corrected chi connectivity index (χ0v) is 11.0. The van der Waals surface area contributed by atoms with Crippen molar-refractivity contribution in [2.24, 2.45) is 0 Å². The van der Waals surface area contributed by atoms with Crippen molar-refractivity contribution in [3.63, 3.8) is 0 Å². The third-order valence-corrected chi connectivity index (χ3v) is 4.13. The van der Waals surface area contributed by atoms with Gasteiger partial charge in [-0.2, -0.15) is 11.3 Å². The maximum Gasteiger partial charge on any atom is 0.324 e. The first kappa shape index (κ1) is 13.2. The molecular weight excluding hydrogens is 272 g/mol. The molecule has 1 unspecified atom stereocenters. The zero-order valence-electron chi connectivity index (χ0n) is 9.41. The quantitative estimate of drug-likeness (QED) is 0.631. The van der Waals surface area contributed by atoms with E-state index in [0.29, 0.717) is 13.1 Å². The van der Waals surface area contributed by atoms with Gasteiger partial charge in [0.2, 0.25) is 0 Å². The molecule has 0 bridgehead atoms. The minimum atomic E-state index is -0.536. The second-order valence-corrected chi connectivity index (χ2v) is 5.63. The van der Waals surface area contributed by atoms with Crippen molar-refractivity contribution in [2.45, 2.75) is 12.6 Å². The second-order valence-electron chi connectivity index (χ2n) is 3.70. The summed E-state index contributed by atoms with van der Waals surface area (Å²) in [6.45, 7) is 0.960. The lowest BCUT2D eigenvalue weighted by Gasteiger charge is -2.09. The highest BCUT2D eigenvalue weighted by molar-refractivity contribution is 7.15. The smallest absolute Gasteiger partial charge is 0.324 e. The summed E-state index contributed by atoms with van der Waals surface area (Å²) in [6, 6.07) is 5.11. The van der Waals surface area contributed by atoms with Crippen LogP contribution in [-0.2, 0) is 6.54 Å². The fourth-order valence-electron chi connectivity index (χ4n) is 1.47. The Labute approximate surface area is 112 Å². The van der Waals surface area contributed by atoms with Crippen LogP contribution in [0.15, 0.2) is 29.0 Å². The van der Waals surface area contributed by atoms with E-state index < -0.39 is 11.0 Å². The van der Waals surface area contributed by atoms with Crippen LogP contribution in [0.25, 0.3) is 0 Å². The van der Waals surface area contributed by atoms with Crippen molar-refractivity contribution in [2.75, 3.05) is 6.54 Å². The van der Waals surface area contributed by atoms with Crippen LogP contribution >= 0.6 is 22.7 Å². The molecule has 5 nitrogen and oxygen atoms in total. The summed E-state index contributed by atoms with van der Waals surface area (Å²) in [5, 5.41) is 27.4. The van der Waals surface area contributed by atoms with Crippen molar-refractivity contribution in [1.29, 1.82) is 0 Å². The summed E-state index contributed by atoms with van der Waals surface area (Å²) < 4.78 is 0. The van der Waals surface area contributed by atoms with Gasteiger partial charge in [-0.1, -0.05) is 11.3 Å². The SMILES string of the molecule is O=[N+]([O-])c1ccc(CNCC(O)c2ccsc2)s1. The van der Waals surface area contributed by atoms with E-state index in [9.17, 15) is 15.2 Å². The van der Waals surface area contributed by atoms with Crippen LogP contribution in [0, 0.1) is 10.1 Å². The number of hydrogen-bond acceptors (Lipinski definition) is 6. The highest BCUT2D eigenvalue weighted by Gasteiger charge is 2.10. The minimum Gasteiger partial charge on any atom is -0.387 e. The molecule has 2 aromatic rings. The summed E-state index contributed by atoms with van der Waals surface area (Å²) in [6.07, 6.45) is -0.536. The fraction of sp³-hybridized carbons (Fsp3) is 0.273. The minimum absolute atomic E-state index is 0.144. The third-order valence-electron chi connectivity index (χ3n) is 2.39. The molecule has 96 valence electrons. The molecule has 2 N–H and O–H groups in total. The average molecular weight is 284 g/mol. The number of nitrogens with zero attached hydrogens (tertiary/aromatic N) is 1. The summed E-state index contributed by atoms with van der Waals surface area (Å²) in [5.74, 6) is 0. The monoisotopic (exact) mass is 284 g/mol. The van der Waals surface area contributed by atoms with Gasteiger partial charge in [-0.25, -0.2) is 0 Å². The van der Waals surface area contributed by atoms with Gasteiger partial charge in [0.05, 0.1) is 11.0 Å². The summed E-state index contributed by atoms with van der Waals surface area (Å²) in [5.41, 5.74) is 0.893. The number of nitro groups is 1. The van der Waals surface area contributed by atoms with Crippen LogP contribution in [0.3, 0.4) is 0 Å². The first-order valence-corrected chi connectivity index (χ1v) is 7.06. The van der Waals surface area contributed by atoms with Gasteiger partial charge in [0.25, 0.3) is 0 Å². The topological polar surface area (TPSA) is 75.4 Å². The van der Waals surface area contributed by atoms with Gasteiger partial charge < -0.3 is 10.4 Å². The van der Waals surface area contributed by atoms with Crippen LogP contribution in [0.1, 0.15) is 16.5 Å². The Morgan fingerprint density at radius 3 is 2.89 bits per heavy atom. The van der Waals surface area contributed by atoms with E-state index in [-0.39, 0.29) is 5.00 Å². The van der Waals surface area contributed by atoms with E-state index in [1.165, 1.54) is 6.07 Å². The highest BCUT2D eigenvalue weighted by Crippen LogP contribution is 2.23. The lowest BCUT2D eigenvalue weighted by atomic mass is 10.2. The number of nitrogens with one attached hydrogen (secondary N) is 1. The van der Waals surface area contributed by atoms with E-state index >= 15 is 0 Å². The molecule has 0 saturated carbocycles. The number of rotatable bonds is 6. The Hall–Kier alpha value is -1.28. The molecular formula is C11H12N2O3S2. The van der Waals surface area contributed by atoms with Gasteiger partial charge in [0.1, 0.15) is 0 Å². The Morgan fingerprint density at radius 1 is 1.44 bits per heavy atom. The Balaban J connectivity index is 1.79. The Bertz CT molecular complexity index is 510. The van der Waals surface area contributed by atoms with Gasteiger partial charge in [-0.15, -0.1) is 0 Å². The second kappa shape index (κ2) is 6.05. The maximum atomic E-state index is 10.5. The van der Waals surface area contributed by atoms with Crippen LogP contribution in [-0.4, -0.2) is 16.6 Å². The van der Waals surface area contributed by atoms with Crippen molar-refractivity contribution >= 4 is 27.7 Å². The first-order valence-electron chi connectivity index (χ1n) is 5.31. The predicted octanol–water partition coefficient (Wildman–Crippen LogP) is 2.54. The van der Waals surface area contributed by atoms with E-state index in [1.807, 2.05) is 16.8 Å². The number of aliphatic hydroxyl groups excluding tert-OH is 1.